The Morgan fingerprint density at radius 1 is 1.12 bits per heavy atom. The molecular weight excluding hydrogens is 326 g/mol. The number of benzene rings is 1. The first-order valence-electron chi connectivity index (χ1n) is 8.90. The van der Waals surface area contributed by atoms with Gasteiger partial charge in [-0.2, -0.15) is 0 Å². The average Bonchev–Trinajstić information content (AvgIpc) is 3.28. The molecule has 7 heteroatoms. The Labute approximate surface area is 150 Å². The number of aryl methyl sites for hydroxylation is 1. The molecule has 0 amide bonds. The second kappa shape index (κ2) is 5.54. The van der Waals surface area contributed by atoms with Crippen LogP contribution in [0.15, 0.2) is 42.9 Å². The third-order valence-electron chi connectivity index (χ3n) is 5.52. The van der Waals surface area contributed by atoms with Gasteiger partial charge in [0.2, 0.25) is 0 Å². The molecule has 26 heavy (non-hydrogen) atoms. The molecule has 1 aliphatic rings. The lowest BCUT2D eigenvalue weighted by molar-refractivity contribution is 0.318. The maximum absolute atomic E-state index is 6.83. The Hall–Kier alpha value is -2.93. The van der Waals surface area contributed by atoms with Crippen LogP contribution in [0.5, 0.6) is 0 Å². The van der Waals surface area contributed by atoms with Crippen LogP contribution in [0.1, 0.15) is 18.7 Å². The van der Waals surface area contributed by atoms with E-state index in [-0.39, 0.29) is 0 Å². The molecule has 0 spiro atoms. The lowest BCUT2D eigenvalue weighted by atomic mass is 9.87. The molecule has 1 saturated heterocycles. The predicted molar refractivity (Wildman–Crippen MR) is 102 cm³/mol. The van der Waals surface area contributed by atoms with E-state index in [4.69, 9.17) is 10.7 Å². The highest BCUT2D eigenvalue weighted by Crippen LogP contribution is 2.34. The van der Waals surface area contributed by atoms with Gasteiger partial charge in [0.15, 0.2) is 0 Å². The number of fused-ring (bicyclic) bond motifs is 2. The summed E-state index contributed by atoms with van der Waals surface area (Å²) in [6.07, 6.45) is 5.18. The minimum atomic E-state index is -0.422. The van der Waals surface area contributed by atoms with Crippen molar-refractivity contribution in [1.29, 1.82) is 0 Å². The maximum Gasteiger partial charge on any atom is 0.142 e. The smallest absolute Gasteiger partial charge is 0.142 e. The van der Waals surface area contributed by atoms with E-state index in [0.29, 0.717) is 0 Å². The van der Waals surface area contributed by atoms with E-state index in [1.807, 2.05) is 30.5 Å². The number of nitrogens with one attached hydrogen (secondary N) is 1. The van der Waals surface area contributed by atoms with Crippen molar-refractivity contribution in [2.75, 3.05) is 18.0 Å². The van der Waals surface area contributed by atoms with Gasteiger partial charge in [-0.3, -0.25) is 0 Å². The summed E-state index contributed by atoms with van der Waals surface area (Å²) >= 11 is 0. The van der Waals surface area contributed by atoms with Crippen LogP contribution in [0.25, 0.3) is 22.1 Å². The van der Waals surface area contributed by atoms with Crippen molar-refractivity contribution in [3.8, 4) is 0 Å². The van der Waals surface area contributed by atoms with Crippen molar-refractivity contribution in [3.63, 3.8) is 0 Å². The van der Waals surface area contributed by atoms with Gasteiger partial charge in [0.1, 0.15) is 23.6 Å². The lowest BCUT2D eigenvalue weighted by Crippen LogP contribution is -2.49. The van der Waals surface area contributed by atoms with Gasteiger partial charge in [-0.05, 0) is 31.0 Å². The van der Waals surface area contributed by atoms with Gasteiger partial charge in [-0.25, -0.2) is 15.0 Å². The summed E-state index contributed by atoms with van der Waals surface area (Å²) in [5, 5.41) is 1.06. The zero-order valence-corrected chi connectivity index (χ0v) is 14.7. The average molecular weight is 347 g/mol. The molecule has 0 saturated carbocycles. The third kappa shape index (κ3) is 2.20. The molecule has 1 fully saturated rings. The quantitative estimate of drug-likeness (QED) is 0.581. The van der Waals surface area contributed by atoms with Crippen LogP contribution < -0.4 is 10.6 Å². The number of hydrogen-bond acceptors (Lipinski definition) is 5. The highest BCUT2D eigenvalue weighted by Gasteiger charge is 2.37. The third-order valence-corrected chi connectivity index (χ3v) is 5.52. The number of hydrogen-bond donors (Lipinski definition) is 2. The van der Waals surface area contributed by atoms with E-state index in [0.717, 1.165) is 59.6 Å². The van der Waals surface area contributed by atoms with Crippen LogP contribution in [0.2, 0.25) is 0 Å². The minimum Gasteiger partial charge on any atom is -0.356 e. The number of piperidine rings is 1. The molecule has 4 heterocycles. The van der Waals surface area contributed by atoms with E-state index >= 15 is 0 Å². The number of rotatable bonds is 2. The molecule has 7 nitrogen and oxygen atoms in total. The van der Waals surface area contributed by atoms with Crippen molar-refractivity contribution in [2.24, 2.45) is 12.8 Å². The van der Waals surface area contributed by atoms with Gasteiger partial charge in [-0.1, -0.05) is 12.1 Å². The fourth-order valence-electron chi connectivity index (χ4n) is 4.04. The molecular formula is C19H21N7. The van der Waals surface area contributed by atoms with Gasteiger partial charge >= 0.3 is 0 Å². The molecule has 3 aromatic heterocycles. The zero-order chi connectivity index (χ0) is 17.7. The van der Waals surface area contributed by atoms with Gasteiger partial charge in [0.25, 0.3) is 0 Å². The molecule has 0 aliphatic carbocycles. The largest absolute Gasteiger partial charge is 0.356 e. The summed E-state index contributed by atoms with van der Waals surface area (Å²) < 4.78 is 2.14. The Kier molecular flexibility index (Phi) is 3.27. The summed E-state index contributed by atoms with van der Waals surface area (Å²) in [7, 11) is 2.05. The fourth-order valence-corrected chi connectivity index (χ4v) is 4.04. The van der Waals surface area contributed by atoms with E-state index < -0.39 is 5.54 Å². The van der Waals surface area contributed by atoms with Crippen LogP contribution in [-0.2, 0) is 12.6 Å². The van der Waals surface area contributed by atoms with Crippen molar-refractivity contribution in [1.82, 2.24) is 24.5 Å². The highest BCUT2D eigenvalue weighted by molar-refractivity contribution is 5.87. The summed E-state index contributed by atoms with van der Waals surface area (Å²) in [5.74, 6) is 1.94. The summed E-state index contributed by atoms with van der Waals surface area (Å²) in [4.78, 5) is 19.1. The zero-order valence-electron chi connectivity index (χ0n) is 14.7. The Morgan fingerprint density at radius 3 is 2.73 bits per heavy atom. The number of H-pyrrole nitrogens is 1. The summed E-state index contributed by atoms with van der Waals surface area (Å²) in [6.45, 7) is 1.69. The van der Waals surface area contributed by atoms with Gasteiger partial charge in [-0.15, -0.1) is 0 Å². The molecule has 1 aromatic carbocycles. The number of nitrogens with two attached hydrogens (primary N) is 1. The van der Waals surface area contributed by atoms with Crippen molar-refractivity contribution < 1.29 is 0 Å². The first-order chi connectivity index (χ1) is 12.7. The van der Waals surface area contributed by atoms with Crippen LogP contribution in [0.3, 0.4) is 0 Å². The van der Waals surface area contributed by atoms with Crippen LogP contribution in [-0.4, -0.2) is 37.6 Å². The SMILES string of the molecule is Cn1c(C2(N)CCN(c3ncnc4[nH]ccc34)CC2)nc2ccccc21. The summed E-state index contributed by atoms with van der Waals surface area (Å²) in [6, 6.07) is 10.2. The van der Waals surface area contributed by atoms with Crippen LogP contribution in [0, 0.1) is 0 Å². The van der Waals surface area contributed by atoms with E-state index in [1.54, 1.807) is 6.33 Å². The number of nitrogens with zero attached hydrogens (tertiary/aromatic N) is 5. The molecule has 0 bridgehead atoms. The van der Waals surface area contributed by atoms with E-state index in [9.17, 15) is 0 Å². The van der Waals surface area contributed by atoms with Crippen molar-refractivity contribution in [3.05, 3.63) is 48.7 Å². The van der Waals surface area contributed by atoms with Gasteiger partial charge in [0, 0.05) is 26.3 Å². The molecule has 5 rings (SSSR count). The lowest BCUT2D eigenvalue weighted by Gasteiger charge is -2.39. The van der Waals surface area contributed by atoms with Gasteiger partial charge < -0.3 is 20.2 Å². The number of para-hydroxylation sites is 2. The Morgan fingerprint density at radius 2 is 1.92 bits per heavy atom. The highest BCUT2D eigenvalue weighted by atomic mass is 15.2. The Balaban J connectivity index is 1.45. The van der Waals surface area contributed by atoms with Gasteiger partial charge in [0.05, 0.1) is 22.0 Å². The topological polar surface area (TPSA) is 88.6 Å². The first-order valence-corrected chi connectivity index (χ1v) is 8.90. The maximum atomic E-state index is 6.83. The van der Waals surface area contributed by atoms with E-state index in [1.165, 1.54) is 0 Å². The monoisotopic (exact) mass is 347 g/mol. The van der Waals surface area contributed by atoms with Crippen molar-refractivity contribution >= 4 is 27.9 Å². The molecule has 0 atom stereocenters. The fraction of sp³-hybridized carbons (Fsp3) is 0.316. The van der Waals surface area contributed by atoms with E-state index in [2.05, 4.69) is 37.5 Å². The summed E-state index contributed by atoms with van der Waals surface area (Å²) in [5.41, 5.74) is 9.40. The normalized spacial score (nSPS) is 17.2. The molecule has 132 valence electrons. The van der Waals surface area contributed by atoms with Crippen LogP contribution in [0.4, 0.5) is 5.82 Å². The molecule has 3 N–H and O–H groups in total. The second-order valence-electron chi connectivity index (χ2n) is 7.06. The number of aromatic amines is 1. The first kappa shape index (κ1) is 15.3. The predicted octanol–water partition coefficient (Wildman–Crippen LogP) is 2.30. The number of imidazole rings is 1. The number of aromatic nitrogens is 5. The number of anilines is 1. The molecule has 0 unspecified atom stereocenters. The molecule has 4 aromatic rings. The standard InChI is InChI=1S/C19H21N7/c1-25-15-5-3-2-4-14(15)24-18(25)19(20)7-10-26(11-8-19)17-13-6-9-21-16(13)22-12-23-17/h2-6,9,12H,7-8,10-11,20H2,1H3,(H,21,22,23). The second-order valence-corrected chi connectivity index (χ2v) is 7.06. The molecule has 0 radical (unpaired) electrons. The van der Waals surface area contributed by atoms with Crippen molar-refractivity contribution in [2.45, 2.75) is 18.4 Å². The minimum absolute atomic E-state index is 0.422. The van der Waals surface area contributed by atoms with Crippen LogP contribution >= 0.6 is 0 Å². The Bertz CT molecular complexity index is 1090. The molecule has 1 aliphatic heterocycles.